The number of aromatic nitrogens is 2. The van der Waals surface area contributed by atoms with Gasteiger partial charge < -0.3 is 10.4 Å². The summed E-state index contributed by atoms with van der Waals surface area (Å²) in [6, 6.07) is 0.178. The zero-order valence-corrected chi connectivity index (χ0v) is 11.0. The van der Waals surface area contributed by atoms with Crippen LogP contribution in [0.25, 0.3) is 0 Å². The highest BCUT2D eigenvalue weighted by Crippen LogP contribution is 2.31. The van der Waals surface area contributed by atoms with Crippen molar-refractivity contribution in [1.82, 2.24) is 15.1 Å². The maximum Gasteiger partial charge on any atom is 0.241 e. The third-order valence-electron chi connectivity index (χ3n) is 3.57. The molecule has 1 fully saturated rings. The predicted molar refractivity (Wildman–Crippen MR) is 67.9 cm³/mol. The van der Waals surface area contributed by atoms with E-state index in [1.54, 1.807) is 10.9 Å². The van der Waals surface area contributed by atoms with Gasteiger partial charge in [0.25, 0.3) is 0 Å². The van der Waals surface area contributed by atoms with Gasteiger partial charge >= 0.3 is 0 Å². The molecule has 0 bridgehead atoms. The monoisotopic (exact) mass is 251 g/mol. The number of nitrogens with one attached hydrogen (secondary N) is 1. The summed E-state index contributed by atoms with van der Waals surface area (Å²) < 4.78 is 1.65. The van der Waals surface area contributed by atoms with Crippen LogP contribution in [0.4, 0.5) is 0 Å². The normalized spacial score (nSPS) is 24.4. The summed E-state index contributed by atoms with van der Waals surface area (Å²) in [5.41, 5.74) is 1.05. The van der Waals surface area contributed by atoms with Crippen LogP contribution in [0.1, 0.15) is 31.7 Å². The second-order valence-corrected chi connectivity index (χ2v) is 5.18. The molecule has 1 aliphatic carbocycles. The van der Waals surface area contributed by atoms with E-state index in [0.717, 1.165) is 24.8 Å². The van der Waals surface area contributed by atoms with Gasteiger partial charge in [0.2, 0.25) is 5.91 Å². The second kappa shape index (κ2) is 5.52. The minimum absolute atomic E-state index is 0.00802. The quantitative estimate of drug-likeness (QED) is 0.815. The number of rotatable bonds is 5. The Hall–Kier alpha value is -1.36. The van der Waals surface area contributed by atoms with E-state index in [1.807, 2.05) is 13.1 Å². The first-order valence-corrected chi connectivity index (χ1v) is 6.55. The smallest absolute Gasteiger partial charge is 0.241 e. The van der Waals surface area contributed by atoms with Gasteiger partial charge in [-0.25, -0.2) is 0 Å². The zero-order valence-electron chi connectivity index (χ0n) is 11.0. The van der Waals surface area contributed by atoms with E-state index in [9.17, 15) is 9.90 Å². The summed E-state index contributed by atoms with van der Waals surface area (Å²) in [6.45, 7) is 4.28. The molecule has 0 aliphatic heterocycles. The van der Waals surface area contributed by atoms with Gasteiger partial charge in [-0.15, -0.1) is 0 Å². The van der Waals surface area contributed by atoms with Crippen LogP contribution in [0, 0.1) is 12.8 Å². The minimum atomic E-state index is -0.172. The largest absolute Gasteiger partial charge is 0.393 e. The number of aryl methyl sites for hydroxylation is 1. The number of aliphatic hydroxyl groups excluding tert-OH is 1. The number of carbonyl (C=O) groups is 1. The van der Waals surface area contributed by atoms with Gasteiger partial charge in [0.15, 0.2) is 0 Å². The fraction of sp³-hybridized carbons (Fsp3) is 0.692. The highest BCUT2D eigenvalue weighted by Gasteiger charge is 2.33. The molecule has 0 spiro atoms. The van der Waals surface area contributed by atoms with E-state index in [2.05, 4.69) is 17.3 Å². The van der Waals surface area contributed by atoms with Gasteiger partial charge in [-0.3, -0.25) is 9.48 Å². The van der Waals surface area contributed by atoms with Crippen LogP contribution in [0.5, 0.6) is 0 Å². The lowest BCUT2D eigenvalue weighted by atomic mass is 9.76. The number of aliphatic hydroxyl groups is 1. The molecular formula is C13H21N3O2. The van der Waals surface area contributed by atoms with Gasteiger partial charge in [-0.1, -0.05) is 6.92 Å². The summed E-state index contributed by atoms with van der Waals surface area (Å²) >= 11 is 0. The zero-order chi connectivity index (χ0) is 13.1. The molecule has 0 aromatic carbocycles. The van der Waals surface area contributed by atoms with Crippen molar-refractivity contribution in [1.29, 1.82) is 0 Å². The Morgan fingerprint density at radius 1 is 1.67 bits per heavy atom. The highest BCUT2D eigenvalue weighted by atomic mass is 16.3. The number of hydrogen-bond donors (Lipinski definition) is 2. The Morgan fingerprint density at radius 3 is 2.89 bits per heavy atom. The molecule has 1 aromatic rings. The SMILES string of the molecule is CCC(NC(=O)Cn1cc(C)cn1)C1CC(O)C1. The van der Waals surface area contributed by atoms with Crippen molar-refractivity contribution in [2.75, 3.05) is 0 Å². The van der Waals surface area contributed by atoms with Gasteiger partial charge in [-0.05, 0) is 37.7 Å². The summed E-state index contributed by atoms with van der Waals surface area (Å²) in [5.74, 6) is 0.416. The van der Waals surface area contributed by atoms with E-state index >= 15 is 0 Å². The van der Waals surface area contributed by atoms with Crippen LogP contribution in [-0.4, -0.2) is 32.9 Å². The molecule has 100 valence electrons. The van der Waals surface area contributed by atoms with Crippen molar-refractivity contribution in [3.8, 4) is 0 Å². The molecule has 0 saturated heterocycles. The topological polar surface area (TPSA) is 67.2 Å². The average molecular weight is 251 g/mol. The van der Waals surface area contributed by atoms with Crippen LogP contribution in [0.2, 0.25) is 0 Å². The molecule has 2 N–H and O–H groups in total. The second-order valence-electron chi connectivity index (χ2n) is 5.18. The Kier molecular flexibility index (Phi) is 4.01. The highest BCUT2D eigenvalue weighted by molar-refractivity contribution is 5.76. The minimum Gasteiger partial charge on any atom is -0.393 e. The Bertz CT molecular complexity index is 410. The summed E-state index contributed by atoms with van der Waals surface area (Å²) in [7, 11) is 0. The van der Waals surface area contributed by atoms with E-state index in [1.165, 1.54) is 0 Å². The standard InChI is InChI=1S/C13H21N3O2/c1-3-12(10-4-11(17)5-10)15-13(18)8-16-7-9(2)6-14-16/h6-7,10-12,17H,3-5,8H2,1-2H3,(H,15,18). The third kappa shape index (κ3) is 3.10. The Labute approximate surface area is 107 Å². The molecule has 1 atom stereocenters. The van der Waals surface area contributed by atoms with Crippen LogP contribution in [-0.2, 0) is 11.3 Å². The molecule has 5 nitrogen and oxygen atoms in total. The van der Waals surface area contributed by atoms with E-state index < -0.39 is 0 Å². The van der Waals surface area contributed by atoms with Gasteiger partial charge in [-0.2, -0.15) is 5.10 Å². The lowest BCUT2D eigenvalue weighted by Crippen LogP contribution is -2.47. The van der Waals surface area contributed by atoms with E-state index in [-0.39, 0.29) is 24.6 Å². The van der Waals surface area contributed by atoms with Crippen LogP contribution >= 0.6 is 0 Å². The van der Waals surface area contributed by atoms with Crippen molar-refractivity contribution in [2.24, 2.45) is 5.92 Å². The fourth-order valence-electron chi connectivity index (χ4n) is 2.46. The summed E-state index contributed by atoms with van der Waals surface area (Å²) in [6.07, 6.45) is 5.94. The summed E-state index contributed by atoms with van der Waals surface area (Å²) in [4.78, 5) is 11.9. The first kappa shape index (κ1) is 13.1. The molecule has 1 unspecified atom stereocenters. The van der Waals surface area contributed by atoms with Gasteiger partial charge in [0, 0.05) is 12.2 Å². The van der Waals surface area contributed by atoms with Crippen molar-refractivity contribution in [2.45, 2.75) is 51.8 Å². The van der Waals surface area contributed by atoms with Gasteiger partial charge in [0.05, 0.1) is 12.3 Å². The predicted octanol–water partition coefficient (Wildman–Crippen LogP) is 0.857. The number of nitrogens with zero attached hydrogens (tertiary/aromatic N) is 2. The maximum absolute atomic E-state index is 11.9. The van der Waals surface area contributed by atoms with Crippen LogP contribution in [0.3, 0.4) is 0 Å². The number of amides is 1. The van der Waals surface area contributed by atoms with Gasteiger partial charge in [0.1, 0.15) is 6.54 Å². The fourth-order valence-corrected chi connectivity index (χ4v) is 2.46. The lowest BCUT2D eigenvalue weighted by molar-refractivity contribution is -0.123. The third-order valence-corrected chi connectivity index (χ3v) is 3.57. The van der Waals surface area contributed by atoms with Crippen molar-refractivity contribution in [3.05, 3.63) is 18.0 Å². The molecule has 1 saturated carbocycles. The molecule has 2 rings (SSSR count). The van der Waals surface area contributed by atoms with E-state index in [0.29, 0.717) is 5.92 Å². The number of hydrogen-bond acceptors (Lipinski definition) is 3. The molecule has 5 heteroatoms. The first-order chi connectivity index (χ1) is 8.58. The van der Waals surface area contributed by atoms with Crippen LogP contribution in [0.15, 0.2) is 12.4 Å². The Morgan fingerprint density at radius 2 is 2.39 bits per heavy atom. The molecule has 18 heavy (non-hydrogen) atoms. The molecule has 0 radical (unpaired) electrons. The molecule has 1 aromatic heterocycles. The molecule has 1 aliphatic rings. The lowest BCUT2D eigenvalue weighted by Gasteiger charge is -2.37. The maximum atomic E-state index is 11.9. The summed E-state index contributed by atoms with van der Waals surface area (Å²) in [5, 5.41) is 16.4. The van der Waals surface area contributed by atoms with Crippen molar-refractivity contribution in [3.63, 3.8) is 0 Å². The average Bonchev–Trinajstić information content (AvgIpc) is 2.68. The van der Waals surface area contributed by atoms with Crippen LogP contribution < -0.4 is 5.32 Å². The first-order valence-electron chi connectivity index (χ1n) is 6.55. The Balaban J connectivity index is 1.82. The van der Waals surface area contributed by atoms with Crippen molar-refractivity contribution < 1.29 is 9.90 Å². The molecule has 1 amide bonds. The van der Waals surface area contributed by atoms with Crippen molar-refractivity contribution >= 4 is 5.91 Å². The molecule has 1 heterocycles. The molecular weight excluding hydrogens is 230 g/mol. The number of carbonyl (C=O) groups excluding carboxylic acids is 1. The van der Waals surface area contributed by atoms with E-state index in [4.69, 9.17) is 0 Å².